The van der Waals surface area contributed by atoms with E-state index < -0.39 is 0 Å². The van der Waals surface area contributed by atoms with E-state index in [0.717, 1.165) is 41.9 Å². The lowest BCUT2D eigenvalue weighted by atomic mass is 10.1. The van der Waals surface area contributed by atoms with Gasteiger partial charge in [-0.1, -0.05) is 44.4 Å². The summed E-state index contributed by atoms with van der Waals surface area (Å²) in [5.74, 6) is 1.47. The lowest BCUT2D eigenvalue weighted by molar-refractivity contribution is 0.676. The van der Waals surface area contributed by atoms with Crippen LogP contribution in [0.1, 0.15) is 62.3 Å². The molecule has 0 aromatic carbocycles. The Morgan fingerprint density at radius 2 is 1.85 bits per heavy atom. The summed E-state index contributed by atoms with van der Waals surface area (Å²) in [4.78, 5) is 7.09. The molecule has 5 nitrogen and oxygen atoms in total. The van der Waals surface area contributed by atoms with Crippen molar-refractivity contribution in [1.29, 1.82) is 0 Å². The number of pyridine rings is 1. The van der Waals surface area contributed by atoms with Gasteiger partial charge in [0.25, 0.3) is 0 Å². The van der Waals surface area contributed by atoms with Gasteiger partial charge in [-0.05, 0) is 30.4 Å². The Bertz CT molecular complexity index is 700. The van der Waals surface area contributed by atoms with Crippen molar-refractivity contribution in [2.45, 2.75) is 58.5 Å². The number of nitrogens with zero attached hydrogens (tertiary/aromatic N) is 4. The topological polar surface area (TPSA) is 46.0 Å². The highest BCUT2D eigenvalue weighted by Crippen LogP contribution is 2.25. The predicted octanol–water partition coefficient (Wildman–Crippen LogP) is 4.26. The molecule has 142 valence electrons. The fraction of sp³-hybridized carbons (Fsp3) is 0.600. The molecule has 3 rings (SSSR count). The van der Waals surface area contributed by atoms with Crippen LogP contribution in [0, 0.1) is 0 Å². The Kier molecular flexibility index (Phi) is 6.54. The van der Waals surface area contributed by atoms with Crippen molar-refractivity contribution < 1.29 is 0 Å². The van der Waals surface area contributed by atoms with Crippen molar-refractivity contribution in [3.8, 4) is 0 Å². The average Bonchev–Trinajstić information content (AvgIpc) is 2.83. The van der Waals surface area contributed by atoms with Gasteiger partial charge in [0, 0.05) is 45.0 Å². The van der Waals surface area contributed by atoms with Crippen LogP contribution in [0.15, 0.2) is 18.3 Å². The number of hydrogen-bond donors (Lipinski definition) is 1. The van der Waals surface area contributed by atoms with E-state index in [2.05, 4.69) is 46.3 Å². The normalized spacial score (nSPS) is 15.5. The highest BCUT2D eigenvalue weighted by atomic mass is 35.5. The van der Waals surface area contributed by atoms with Gasteiger partial charge in [-0.25, -0.2) is 4.98 Å². The Labute approximate surface area is 161 Å². The summed E-state index contributed by atoms with van der Waals surface area (Å²) in [6.45, 7) is 8.04. The minimum absolute atomic E-state index is 0.361. The van der Waals surface area contributed by atoms with Gasteiger partial charge in [0.1, 0.15) is 11.0 Å². The maximum absolute atomic E-state index is 6.40. The molecule has 0 unspecified atom stereocenters. The van der Waals surface area contributed by atoms with Gasteiger partial charge >= 0.3 is 0 Å². The minimum atomic E-state index is 0.361. The molecule has 0 atom stereocenters. The average molecular weight is 376 g/mol. The molecular weight excluding hydrogens is 346 g/mol. The molecule has 6 heteroatoms. The number of rotatable bonds is 6. The van der Waals surface area contributed by atoms with E-state index in [1.807, 2.05) is 13.2 Å². The molecule has 0 amide bonds. The van der Waals surface area contributed by atoms with Crippen LogP contribution in [-0.4, -0.2) is 27.9 Å². The zero-order valence-electron chi connectivity index (χ0n) is 16.1. The summed E-state index contributed by atoms with van der Waals surface area (Å²) in [7, 11) is 1.89. The first-order chi connectivity index (χ1) is 12.6. The van der Waals surface area contributed by atoms with Gasteiger partial charge in [0.15, 0.2) is 0 Å². The summed E-state index contributed by atoms with van der Waals surface area (Å²) >= 11 is 6.40. The molecule has 3 heterocycles. The zero-order chi connectivity index (χ0) is 18.5. The van der Waals surface area contributed by atoms with Crippen LogP contribution < -0.4 is 10.2 Å². The highest BCUT2D eigenvalue weighted by Gasteiger charge is 2.16. The van der Waals surface area contributed by atoms with Crippen LogP contribution in [-0.2, 0) is 20.1 Å². The van der Waals surface area contributed by atoms with Crippen molar-refractivity contribution in [2.75, 3.05) is 18.0 Å². The largest absolute Gasteiger partial charge is 0.357 e. The number of halogens is 1. The zero-order valence-corrected chi connectivity index (χ0v) is 16.9. The molecule has 1 aliphatic rings. The molecular formula is C20H30ClN5. The summed E-state index contributed by atoms with van der Waals surface area (Å²) in [5.41, 5.74) is 3.35. The number of hydrogen-bond acceptors (Lipinski definition) is 4. The molecule has 2 aromatic rings. The molecule has 1 saturated heterocycles. The summed E-state index contributed by atoms with van der Waals surface area (Å²) in [6, 6.07) is 4.33. The molecule has 0 bridgehead atoms. The lowest BCUT2D eigenvalue weighted by Gasteiger charge is -2.21. The third-order valence-corrected chi connectivity index (χ3v) is 5.49. The molecule has 2 aromatic heterocycles. The van der Waals surface area contributed by atoms with E-state index in [0.29, 0.717) is 12.5 Å². The van der Waals surface area contributed by atoms with Gasteiger partial charge in [0.2, 0.25) is 0 Å². The maximum Gasteiger partial charge on any atom is 0.131 e. The smallest absolute Gasteiger partial charge is 0.131 e. The summed E-state index contributed by atoms with van der Waals surface area (Å²) in [5, 5.41) is 8.74. The Morgan fingerprint density at radius 3 is 2.46 bits per heavy atom. The Morgan fingerprint density at radius 1 is 1.12 bits per heavy atom. The Balaban J connectivity index is 1.57. The van der Waals surface area contributed by atoms with Crippen LogP contribution in [0.2, 0.25) is 5.15 Å². The predicted molar refractivity (Wildman–Crippen MR) is 108 cm³/mol. The fourth-order valence-electron chi connectivity index (χ4n) is 3.53. The maximum atomic E-state index is 6.40. The minimum Gasteiger partial charge on any atom is -0.357 e. The molecule has 1 N–H and O–H groups in total. The van der Waals surface area contributed by atoms with Gasteiger partial charge < -0.3 is 10.2 Å². The van der Waals surface area contributed by atoms with E-state index in [1.54, 1.807) is 4.68 Å². The first kappa shape index (κ1) is 19.2. The van der Waals surface area contributed by atoms with E-state index in [4.69, 9.17) is 11.6 Å². The van der Waals surface area contributed by atoms with Gasteiger partial charge in [0.05, 0.1) is 5.69 Å². The van der Waals surface area contributed by atoms with Crippen molar-refractivity contribution in [1.82, 2.24) is 20.1 Å². The molecule has 26 heavy (non-hydrogen) atoms. The van der Waals surface area contributed by atoms with Gasteiger partial charge in [-0.2, -0.15) is 5.10 Å². The van der Waals surface area contributed by atoms with Crippen LogP contribution in [0.25, 0.3) is 0 Å². The van der Waals surface area contributed by atoms with Crippen molar-refractivity contribution in [2.24, 2.45) is 7.05 Å². The second-order valence-electron chi connectivity index (χ2n) is 7.46. The van der Waals surface area contributed by atoms with E-state index in [9.17, 15) is 0 Å². The third-order valence-electron chi connectivity index (χ3n) is 5.02. The second kappa shape index (κ2) is 8.87. The number of nitrogens with one attached hydrogen (secondary N) is 1. The first-order valence-electron chi connectivity index (χ1n) is 9.68. The quantitative estimate of drug-likeness (QED) is 0.819. The van der Waals surface area contributed by atoms with Crippen molar-refractivity contribution in [3.05, 3.63) is 40.3 Å². The summed E-state index contributed by atoms with van der Waals surface area (Å²) in [6.07, 6.45) is 7.22. The first-order valence-corrected chi connectivity index (χ1v) is 10.1. The standard InChI is InChI=1S/C20H30ClN5/c1-15(2)19-17(20(21)25(3)24-19)14-22-12-16-8-9-18(23-13-16)26-10-6-4-5-7-11-26/h8-9,13,15,22H,4-7,10-12,14H2,1-3H3. The van der Waals surface area contributed by atoms with Gasteiger partial charge in [-0.3, -0.25) is 4.68 Å². The van der Waals surface area contributed by atoms with Crippen LogP contribution in [0.3, 0.4) is 0 Å². The molecule has 1 fully saturated rings. The number of anilines is 1. The van der Waals surface area contributed by atoms with E-state index in [-0.39, 0.29) is 0 Å². The highest BCUT2D eigenvalue weighted by molar-refractivity contribution is 6.30. The summed E-state index contributed by atoms with van der Waals surface area (Å²) < 4.78 is 1.76. The fourth-order valence-corrected chi connectivity index (χ4v) is 3.74. The van der Waals surface area contributed by atoms with Gasteiger partial charge in [-0.15, -0.1) is 0 Å². The van der Waals surface area contributed by atoms with Crippen LogP contribution >= 0.6 is 11.6 Å². The SMILES string of the molecule is CC(C)c1nn(C)c(Cl)c1CNCc1ccc(N2CCCCCC2)nc1. The van der Waals surface area contributed by atoms with Crippen LogP contribution in [0.5, 0.6) is 0 Å². The number of aromatic nitrogens is 3. The van der Waals surface area contributed by atoms with E-state index in [1.165, 1.54) is 31.2 Å². The monoisotopic (exact) mass is 375 g/mol. The molecule has 0 spiro atoms. The molecule has 1 aliphatic heterocycles. The van der Waals surface area contributed by atoms with E-state index >= 15 is 0 Å². The van der Waals surface area contributed by atoms with Crippen molar-refractivity contribution in [3.63, 3.8) is 0 Å². The van der Waals surface area contributed by atoms with Crippen molar-refractivity contribution >= 4 is 17.4 Å². The third kappa shape index (κ3) is 4.57. The van der Waals surface area contributed by atoms with Crippen LogP contribution in [0.4, 0.5) is 5.82 Å². The molecule has 0 radical (unpaired) electrons. The second-order valence-corrected chi connectivity index (χ2v) is 7.82. The Hall–Kier alpha value is -1.59. The lowest BCUT2D eigenvalue weighted by Crippen LogP contribution is -2.24. The molecule has 0 saturated carbocycles. The molecule has 0 aliphatic carbocycles. The number of aryl methyl sites for hydroxylation is 1.